The molecule has 0 N–H and O–H groups in total. The fourth-order valence-electron chi connectivity index (χ4n) is 8.66. The number of rotatable bonds is 5. The smallest absolute Gasteiger partial charge is 0.164 e. The maximum absolute atomic E-state index is 7.06. The molecule has 0 aliphatic carbocycles. The molecule has 3 aromatic heterocycles. The molecule has 0 radical (unpaired) electrons. The van der Waals surface area contributed by atoms with Crippen LogP contribution in [0.15, 0.2) is 199 Å². The fourth-order valence-corrected chi connectivity index (χ4v) is 8.66. The molecule has 0 saturated carbocycles. The predicted molar refractivity (Wildman–Crippen MR) is 238 cm³/mol. The van der Waals surface area contributed by atoms with Crippen molar-refractivity contribution in [3.05, 3.63) is 194 Å². The van der Waals surface area contributed by atoms with Gasteiger partial charge in [-0.15, -0.1) is 0 Å². The minimum Gasteiger partial charge on any atom is -0.454 e. The van der Waals surface area contributed by atoms with Crippen LogP contribution in [-0.4, -0.2) is 19.5 Å². The zero-order valence-electron chi connectivity index (χ0n) is 31.2. The molecule has 3 heterocycles. The van der Waals surface area contributed by atoms with Gasteiger partial charge in [-0.25, -0.2) is 15.0 Å². The van der Waals surface area contributed by atoms with Crippen molar-refractivity contribution in [1.29, 1.82) is 0 Å². The lowest BCUT2D eigenvalue weighted by atomic mass is 9.98. The van der Waals surface area contributed by atoms with E-state index in [4.69, 9.17) is 19.4 Å². The molecule has 0 saturated heterocycles. The van der Waals surface area contributed by atoms with E-state index >= 15 is 0 Å². The first-order valence-corrected chi connectivity index (χ1v) is 19.5. The maximum atomic E-state index is 7.06. The van der Waals surface area contributed by atoms with Crippen molar-refractivity contribution in [2.45, 2.75) is 0 Å². The van der Waals surface area contributed by atoms with E-state index in [1.807, 2.05) is 6.07 Å². The standard InChI is InChI=1S/C53H32N4O/c1-2-13-33(14-3-1)40-31-44(49-43-21-12-24-47(50(43)58-48(49)32-40)57-45-22-10-8-19-41(45)42-20-9-11-23-46(42)57)53-55-51(38-27-25-34-15-4-6-17-36(34)29-38)54-52(56-53)39-28-26-35-16-5-7-18-37(35)30-39/h1-32H. The average Bonchev–Trinajstić information content (AvgIpc) is 3.84. The predicted octanol–water partition coefficient (Wildman–Crippen LogP) is 13.8. The normalized spacial score (nSPS) is 11.8. The molecular formula is C53H32N4O. The van der Waals surface area contributed by atoms with Gasteiger partial charge in [0.2, 0.25) is 0 Å². The van der Waals surface area contributed by atoms with E-state index in [2.05, 4.69) is 193 Å². The lowest BCUT2D eigenvalue weighted by Crippen LogP contribution is -2.01. The largest absolute Gasteiger partial charge is 0.454 e. The van der Waals surface area contributed by atoms with Gasteiger partial charge in [-0.1, -0.05) is 152 Å². The summed E-state index contributed by atoms with van der Waals surface area (Å²) in [5.74, 6) is 1.79. The van der Waals surface area contributed by atoms with Gasteiger partial charge >= 0.3 is 0 Å². The number of hydrogen-bond donors (Lipinski definition) is 0. The Bertz CT molecular complexity index is 3430. The van der Waals surface area contributed by atoms with E-state index in [9.17, 15) is 0 Å². The summed E-state index contributed by atoms with van der Waals surface area (Å²) in [5, 5.41) is 8.92. The van der Waals surface area contributed by atoms with Gasteiger partial charge in [-0.3, -0.25) is 0 Å². The Labute approximate surface area is 333 Å². The van der Waals surface area contributed by atoms with E-state index in [1.165, 1.54) is 10.8 Å². The SMILES string of the molecule is c1ccc(-c2cc(-c3nc(-c4ccc5ccccc5c4)nc(-c4ccc5ccccc5c4)n3)c3c(c2)oc2c(-n4c5ccccc5c5ccccc54)cccc23)cc1. The fraction of sp³-hybridized carbons (Fsp3) is 0. The summed E-state index contributed by atoms with van der Waals surface area (Å²) in [7, 11) is 0. The third-order valence-electron chi connectivity index (χ3n) is 11.4. The molecule has 12 rings (SSSR count). The van der Waals surface area contributed by atoms with Gasteiger partial charge in [0.15, 0.2) is 23.1 Å². The van der Waals surface area contributed by atoms with E-state index in [0.29, 0.717) is 17.5 Å². The quantitative estimate of drug-likeness (QED) is 0.176. The summed E-state index contributed by atoms with van der Waals surface area (Å²) < 4.78 is 9.39. The second kappa shape index (κ2) is 12.8. The van der Waals surface area contributed by atoms with Gasteiger partial charge in [0.1, 0.15) is 5.58 Å². The monoisotopic (exact) mass is 740 g/mol. The number of aromatic nitrogens is 4. The highest BCUT2D eigenvalue weighted by Gasteiger charge is 2.23. The van der Waals surface area contributed by atoms with E-state index < -0.39 is 0 Å². The lowest BCUT2D eigenvalue weighted by Gasteiger charge is -2.12. The second-order valence-electron chi connectivity index (χ2n) is 14.8. The first-order valence-electron chi connectivity index (χ1n) is 19.5. The van der Waals surface area contributed by atoms with Gasteiger partial charge in [0.25, 0.3) is 0 Å². The molecule has 12 aromatic rings. The molecule has 5 nitrogen and oxygen atoms in total. The summed E-state index contributed by atoms with van der Waals surface area (Å²) >= 11 is 0. The average molecular weight is 741 g/mol. The van der Waals surface area contributed by atoms with Crippen LogP contribution in [0, 0.1) is 0 Å². The Kier molecular flexibility index (Phi) is 7.16. The van der Waals surface area contributed by atoms with Crippen molar-refractivity contribution in [2.75, 3.05) is 0 Å². The Morgan fingerprint density at radius 1 is 0.362 bits per heavy atom. The molecule has 0 aliphatic rings. The first-order chi connectivity index (χ1) is 28.7. The van der Waals surface area contributed by atoms with Gasteiger partial charge in [0, 0.05) is 38.2 Å². The molecule has 0 atom stereocenters. The summed E-state index contributed by atoms with van der Waals surface area (Å²) in [6.07, 6.45) is 0. The minimum absolute atomic E-state index is 0.578. The van der Waals surface area contributed by atoms with Gasteiger partial charge in [0.05, 0.1) is 16.7 Å². The third kappa shape index (κ3) is 5.14. The van der Waals surface area contributed by atoms with Crippen molar-refractivity contribution in [1.82, 2.24) is 19.5 Å². The summed E-state index contributed by atoms with van der Waals surface area (Å²) in [6, 6.07) is 68.0. The van der Waals surface area contributed by atoms with Crippen LogP contribution in [0.25, 0.3) is 116 Å². The first kappa shape index (κ1) is 32.4. The molecule has 0 spiro atoms. The number of nitrogens with zero attached hydrogens (tertiary/aromatic N) is 4. The molecule has 0 amide bonds. The number of benzene rings is 9. The van der Waals surface area contributed by atoms with Crippen LogP contribution in [0.3, 0.4) is 0 Å². The lowest BCUT2D eigenvalue weighted by molar-refractivity contribution is 0.666. The van der Waals surface area contributed by atoms with Crippen molar-refractivity contribution >= 4 is 65.3 Å². The number of hydrogen-bond acceptors (Lipinski definition) is 4. The highest BCUT2D eigenvalue weighted by molar-refractivity contribution is 6.16. The number of para-hydroxylation sites is 3. The topological polar surface area (TPSA) is 56.7 Å². The number of fused-ring (bicyclic) bond motifs is 8. The van der Waals surface area contributed by atoms with Crippen molar-refractivity contribution in [3.63, 3.8) is 0 Å². The van der Waals surface area contributed by atoms with Crippen LogP contribution in [0.5, 0.6) is 0 Å². The molecular weight excluding hydrogens is 709 g/mol. The molecule has 270 valence electrons. The van der Waals surface area contributed by atoms with Crippen molar-refractivity contribution in [3.8, 4) is 51.0 Å². The summed E-state index contributed by atoms with van der Waals surface area (Å²) in [4.78, 5) is 15.8. The van der Waals surface area contributed by atoms with Crippen LogP contribution in [0.1, 0.15) is 0 Å². The highest BCUT2D eigenvalue weighted by atomic mass is 16.3. The molecule has 0 fully saturated rings. The third-order valence-corrected chi connectivity index (χ3v) is 11.4. The van der Waals surface area contributed by atoms with Crippen LogP contribution >= 0.6 is 0 Å². The molecule has 0 bridgehead atoms. The zero-order chi connectivity index (χ0) is 38.2. The molecule has 0 unspecified atom stereocenters. The number of furan rings is 1. The zero-order valence-corrected chi connectivity index (χ0v) is 31.2. The summed E-state index contributed by atoms with van der Waals surface area (Å²) in [5.41, 5.74) is 9.60. The van der Waals surface area contributed by atoms with Gasteiger partial charge in [-0.2, -0.15) is 0 Å². The Morgan fingerprint density at radius 2 is 0.897 bits per heavy atom. The van der Waals surface area contributed by atoms with E-state index in [-0.39, 0.29) is 0 Å². The van der Waals surface area contributed by atoms with Crippen LogP contribution in [0.4, 0.5) is 0 Å². The van der Waals surface area contributed by atoms with E-state index in [1.54, 1.807) is 0 Å². The Hall–Kier alpha value is -7.89. The van der Waals surface area contributed by atoms with E-state index in [0.717, 1.165) is 88.0 Å². The molecule has 5 heteroatoms. The molecule has 0 aliphatic heterocycles. The maximum Gasteiger partial charge on any atom is 0.164 e. The molecule has 58 heavy (non-hydrogen) atoms. The van der Waals surface area contributed by atoms with Gasteiger partial charge in [-0.05, 0) is 75.1 Å². The van der Waals surface area contributed by atoms with Crippen LogP contribution in [0.2, 0.25) is 0 Å². The van der Waals surface area contributed by atoms with Gasteiger partial charge < -0.3 is 8.98 Å². The van der Waals surface area contributed by atoms with Crippen molar-refractivity contribution < 1.29 is 4.42 Å². The van der Waals surface area contributed by atoms with Crippen LogP contribution < -0.4 is 0 Å². The second-order valence-corrected chi connectivity index (χ2v) is 14.8. The highest BCUT2D eigenvalue weighted by Crippen LogP contribution is 2.43. The summed E-state index contributed by atoms with van der Waals surface area (Å²) in [6.45, 7) is 0. The van der Waals surface area contributed by atoms with Crippen molar-refractivity contribution in [2.24, 2.45) is 0 Å². The minimum atomic E-state index is 0.578. The Balaban J connectivity index is 1.16. The van der Waals surface area contributed by atoms with Crippen LogP contribution in [-0.2, 0) is 0 Å². The Morgan fingerprint density at radius 3 is 1.53 bits per heavy atom. The molecule has 9 aromatic carbocycles.